The first-order valence-electron chi connectivity index (χ1n) is 10.2. The summed E-state index contributed by atoms with van der Waals surface area (Å²) in [5.41, 5.74) is 3.25. The van der Waals surface area contributed by atoms with Crippen LogP contribution in [0.25, 0.3) is 5.76 Å². The van der Waals surface area contributed by atoms with E-state index in [2.05, 4.69) is 0 Å². The number of para-hydroxylation sites is 1. The van der Waals surface area contributed by atoms with Gasteiger partial charge in [-0.25, -0.2) is 0 Å². The Morgan fingerprint density at radius 3 is 2.24 bits per heavy atom. The maximum atomic E-state index is 13.3. The van der Waals surface area contributed by atoms with Crippen LogP contribution in [0, 0.1) is 13.8 Å². The van der Waals surface area contributed by atoms with Gasteiger partial charge >= 0.3 is 0 Å². The van der Waals surface area contributed by atoms with E-state index in [1.165, 1.54) is 24.1 Å². The lowest BCUT2D eigenvalue weighted by atomic mass is 9.94. The zero-order chi connectivity index (χ0) is 23.9. The number of methoxy groups -OCH3 is 1. The van der Waals surface area contributed by atoms with Gasteiger partial charge in [0.05, 0.1) is 28.8 Å². The van der Waals surface area contributed by atoms with Crippen LogP contribution in [0.3, 0.4) is 0 Å². The molecule has 0 bridgehead atoms. The molecule has 1 unspecified atom stereocenters. The van der Waals surface area contributed by atoms with E-state index in [4.69, 9.17) is 27.9 Å². The lowest BCUT2D eigenvalue weighted by Crippen LogP contribution is -2.30. The van der Waals surface area contributed by atoms with E-state index in [0.717, 1.165) is 11.1 Å². The molecule has 1 N–H and O–H groups in total. The van der Waals surface area contributed by atoms with Gasteiger partial charge in [-0.2, -0.15) is 0 Å². The van der Waals surface area contributed by atoms with Crippen molar-refractivity contribution in [2.24, 2.45) is 0 Å². The van der Waals surface area contributed by atoms with E-state index in [9.17, 15) is 14.7 Å². The number of aliphatic hydroxyl groups is 1. The Labute approximate surface area is 201 Å². The largest absolute Gasteiger partial charge is 0.507 e. The minimum atomic E-state index is -0.828. The third-order valence-electron chi connectivity index (χ3n) is 5.65. The van der Waals surface area contributed by atoms with Crippen molar-refractivity contribution in [2.75, 3.05) is 12.0 Å². The summed E-state index contributed by atoms with van der Waals surface area (Å²) < 4.78 is 5.17. The van der Waals surface area contributed by atoms with Crippen LogP contribution in [-0.4, -0.2) is 23.9 Å². The van der Waals surface area contributed by atoms with E-state index in [0.29, 0.717) is 11.3 Å². The predicted octanol–water partition coefficient (Wildman–Crippen LogP) is 6.25. The molecule has 1 aliphatic rings. The maximum absolute atomic E-state index is 13.3. The normalized spacial score (nSPS) is 17.5. The second kappa shape index (κ2) is 8.93. The van der Waals surface area contributed by atoms with Gasteiger partial charge in [-0.3, -0.25) is 14.5 Å². The number of carbonyl (C=O) groups excluding carboxylic acids is 2. The summed E-state index contributed by atoms with van der Waals surface area (Å²) in [5, 5.41) is 11.6. The van der Waals surface area contributed by atoms with E-state index < -0.39 is 17.7 Å². The number of hydrogen-bond acceptors (Lipinski definition) is 4. The van der Waals surface area contributed by atoms with Crippen LogP contribution in [0.15, 0.2) is 66.2 Å². The molecule has 0 radical (unpaired) electrons. The molecule has 1 aliphatic heterocycles. The van der Waals surface area contributed by atoms with Gasteiger partial charge in [0, 0.05) is 11.3 Å². The van der Waals surface area contributed by atoms with Gasteiger partial charge in [-0.15, -0.1) is 0 Å². The summed E-state index contributed by atoms with van der Waals surface area (Å²) in [6.07, 6.45) is 0. The molecule has 7 heteroatoms. The quantitative estimate of drug-likeness (QED) is 0.271. The molecule has 1 fully saturated rings. The minimum Gasteiger partial charge on any atom is -0.507 e. The summed E-state index contributed by atoms with van der Waals surface area (Å²) in [6.45, 7) is 3.79. The third kappa shape index (κ3) is 3.99. The first kappa shape index (κ1) is 22.9. The number of aryl methyl sites for hydroxylation is 2. The Balaban J connectivity index is 1.99. The molecule has 168 valence electrons. The summed E-state index contributed by atoms with van der Waals surface area (Å²) >= 11 is 12.5. The van der Waals surface area contributed by atoms with Gasteiger partial charge in [0.25, 0.3) is 11.7 Å². The number of halogens is 2. The molecule has 0 saturated carbocycles. The second-order valence-electron chi connectivity index (χ2n) is 7.84. The van der Waals surface area contributed by atoms with Gasteiger partial charge in [0.15, 0.2) is 5.75 Å². The van der Waals surface area contributed by atoms with Crippen LogP contribution in [0.2, 0.25) is 10.0 Å². The average Bonchev–Trinajstić information content (AvgIpc) is 3.04. The van der Waals surface area contributed by atoms with Crippen LogP contribution in [0.5, 0.6) is 5.75 Å². The lowest BCUT2D eigenvalue weighted by molar-refractivity contribution is -0.132. The molecule has 3 aromatic rings. The zero-order valence-electron chi connectivity index (χ0n) is 18.2. The molecular formula is C26H21Cl2NO4. The van der Waals surface area contributed by atoms with Crippen LogP contribution >= 0.6 is 23.2 Å². The maximum Gasteiger partial charge on any atom is 0.300 e. The highest BCUT2D eigenvalue weighted by Gasteiger charge is 2.47. The van der Waals surface area contributed by atoms with Crippen molar-refractivity contribution < 1.29 is 19.4 Å². The third-order valence-corrected chi connectivity index (χ3v) is 6.21. The number of aliphatic hydroxyl groups excluding tert-OH is 1. The summed E-state index contributed by atoms with van der Waals surface area (Å²) in [6, 6.07) is 16.9. The molecular weight excluding hydrogens is 461 g/mol. The van der Waals surface area contributed by atoms with Crippen LogP contribution in [0.1, 0.15) is 28.3 Å². The highest BCUT2D eigenvalue weighted by atomic mass is 35.5. The summed E-state index contributed by atoms with van der Waals surface area (Å²) in [5.74, 6) is -1.61. The van der Waals surface area contributed by atoms with Crippen molar-refractivity contribution in [3.05, 3.63) is 98.5 Å². The summed E-state index contributed by atoms with van der Waals surface area (Å²) in [7, 11) is 1.43. The van der Waals surface area contributed by atoms with Crippen LogP contribution in [-0.2, 0) is 9.59 Å². The SMILES string of the molecule is COc1c(Cl)cc(/C(O)=C2\C(=O)C(=O)N(c3ccccc3C)C2c2cccc(C)c2)cc1Cl. The number of amides is 1. The van der Waals surface area contributed by atoms with E-state index in [-0.39, 0.29) is 32.7 Å². The predicted molar refractivity (Wildman–Crippen MR) is 130 cm³/mol. The molecule has 1 amide bonds. The van der Waals surface area contributed by atoms with Crippen molar-refractivity contribution in [3.8, 4) is 5.75 Å². The first-order chi connectivity index (χ1) is 15.7. The fraction of sp³-hybridized carbons (Fsp3) is 0.154. The van der Waals surface area contributed by atoms with E-state index in [1.807, 2.05) is 50.2 Å². The molecule has 0 spiro atoms. The van der Waals surface area contributed by atoms with Gasteiger partial charge in [0.2, 0.25) is 0 Å². The highest BCUT2D eigenvalue weighted by molar-refractivity contribution is 6.52. The Bertz CT molecular complexity index is 1290. The molecule has 3 aromatic carbocycles. The van der Waals surface area contributed by atoms with Crippen LogP contribution < -0.4 is 9.64 Å². The average molecular weight is 482 g/mol. The number of ether oxygens (including phenoxy) is 1. The molecule has 5 nitrogen and oxygen atoms in total. The molecule has 33 heavy (non-hydrogen) atoms. The monoisotopic (exact) mass is 481 g/mol. The van der Waals surface area contributed by atoms with E-state index in [1.54, 1.807) is 12.1 Å². The number of anilines is 1. The number of hydrogen-bond donors (Lipinski definition) is 1. The minimum absolute atomic E-state index is 0.0360. The standard InChI is InChI=1S/C26H21Cl2NO4/c1-14-7-6-9-16(11-14)22-21(23(30)17-12-18(27)25(33-3)19(28)13-17)24(31)26(32)29(22)20-10-5-4-8-15(20)2/h4-13,22,30H,1-3H3/b23-21+. The number of ketones is 1. The van der Waals surface area contributed by atoms with Crippen molar-refractivity contribution in [1.82, 2.24) is 0 Å². The van der Waals surface area contributed by atoms with E-state index >= 15 is 0 Å². The van der Waals surface area contributed by atoms with Gasteiger partial charge < -0.3 is 9.84 Å². The molecule has 0 aromatic heterocycles. The number of Topliss-reactive ketones (excluding diaryl/α,β-unsaturated/α-hetero) is 1. The number of rotatable bonds is 4. The Morgan fingerprint density at radius 2 is 1.64 bits per heavy atom. The molecule has 1 heterocycles. The fourth-order valence-corrected chi connectivity index (χ4v) is 4.76. The smallest absolute Gasteiger partial charge is 0.300 e. The first-order valence-corrected chi connectivity index (χ1v) is 11.0. The Kier molecular flexibility index (Phi) is 6.19. The number of carbonyl (C=O) groups is 2. The van der Waals surface area contributed by atoms with Crippen molar-refractivity contribution >= 4 is 46.3 Å². The molecule has 4 rings (SSSR count). The Morgan fingerprint density at radius 1 is 0.970 bits per heavy atom. The van der Waals surface area contributed by atoms with Gasteiger partial charge in [-0.05, 0) is 43.2 Å². The molecule has 1 atom stereocenters. The Hall–Kier alpha value is -3.28. The zero-order valence-corrected chi connectivity index (χ0v) is 19.7. The molecule has 0 aliphatic carbocycles. The fourth-order valence-electron chi connectivity index (χ4n) is 4.12. The number of nitrogens with zero attached hydrogens (tertiary/aromatic N) is 1. The second-order valence-corrected chi connectivity index (χ2v) is 8.66. The van der Waals surface area contributed by atoms with Crippen molar-refractivity contribution in [2.45, 2.75) is 19.9 Å². The lowest BCUT2D eigenvalue weighted by Gasteiger charge is -2.27. The van der Waals surface area contributed by atoms with Crippen molar-refractivity contribution in [1.29, 1.82) is 0 Å². The van der Waals surface area contributed by atoms with Gasteiger partial charge in [-0.1, -0.05) is 71.2 Å². The van der Waals surface area contributed by atoms with Gasteiger partial charge in [0.1, 0.15) is 5.76 Å². The summed E-state index contributed by atoms with van der Waals surface area (Å²) in [4.78, 5) is 28.0. The van der Waals surface area contributed by atoms with Crippen molar-refractivity contribution in [3.63, 3.8) is 0 Å². The van der Waals surface area contributed by atoms with Crippen LogP contribution in [0.4, 0.5) is 5.69 Å². The molecule has 1 saturated heterocycles. The topological polar surface area (TPSA) is 66.8 Å². The highest BCUT2D eigenvalue weighted by Crippen LogP contribution is 2.44. The number of benzene rings is 3.